The van der Waals surface area contributed by atoms with Crippen molar-refractivity contribution < 1.29 is 19.4 Å². The Morgan fingerprint density at radius 2 is 2.18 bits per heavy atom. The summed E-state index contributed by atoms with van der Waals surface area (Å²) < 4.78 is 10.9. The lowest BCUT2D eigenvalue weighted by Crippen LogP contribution is -2.57. The molecule has 0 radical (unpaired) electrons. The molecule has 2 aliphatic heterocycles. The van der Waals surface area contributed by atoms with E-state index in [0.29, 0.717) is 32.4 Å². The van der Waals surface area contributed by atoms with Crippen LogP contribution in [-0.2, 0) is 14.3 Å². The summed E-state index contributed by atoms with van der Waals surface area (Å²) in [5, 5.41) is 9.22. The van der Waals surface area contributed by atoms with E-state index in [1.165, 1.54) is 0 Å². The fraction of sp³-hybridized carbons (Fsp3) is 0.917. The van der Waals surface area contributed by atoms with Crippen LogP contribution in [0.25, 0.3) is 0 Å². The first-order chi connectivity index (χ1) is 7.99. The van der Waals surface area contributed by atoms with Crippen LogP contribution in [0, 0.1) is 0 Å². The predicted octanol–water partition coefficient (Wildman–Crippen LogP) is 0.729. The van der Waals surface area contributed by atoms with Gasteiger partial charge in [-0.15, -0.1) is 0 Å². The third-order valence-corrected chi connectivity index (χ3v) is 3.60. The van der Waals surface area contributed by atoms with Gasteiger partial charge in [-0.3, -0.25) is 9.69 Å². The second-order valence-corrected chi connectivity index (χ2v) is 5.42. The van der Waals surface area contributed by atoms with Crippen LogP contribution in [0.4, 0.5) is 0 Å². The van der Waals surface area contributed by atoms with Crippen molar-refractivity contribution in [3.8, 4) is 0 Å². The minimum absolute atomic E-state index is 0.149. The molecule has 2 fully saturated rings. The molecule has 2 saturated heterocycles. The number of carbonyl (C=O) groups is 1. The number of morpholine rings is 1. The molecule has 0 aliphatic carbocycles. The molecular weight excluding hydrogens is 222 g/mol. The summed E-state index contributed by atoms with van der Waals surface area (Å²) in [5.41, 5.74) is -0.149. The average molecular weight is 243 g/mol. The SMILES string of the molecule is CC1(C)CC(N2CCOCC2C(=O)O)CCO1. The van der Waals surface area contributed by atoms with Crippen molar-refractivity contribution in [2.45, 2.75) is 44.4 Å². The second-order valence-electron chi connectivity index (χ2n) is 5.42. The lowest BCUT2D eigenvalue weighted by molar-refractivity contribution is -0.157. The van der Waals surface area contributed by atoms with Crippen molar-refractivity contribution in [1.29, 1.82) is 0 Å². The minimum atomic E-state index is -0.783. The van der Waals surface area contributed by atoms with Gasteiger partial charge in [0.15, 0.2) is 0 Å². The molecule has 5 heteroatoms. The van der Waals surface area contributed by atoms with Gasteiger partial charge in [-0.05, 0) is 26.7 Å². The summed E-state index contributed by atoms with van der Waals surface area (Å²) >= 11 is 0. The Labute approximate surface area is 102 Å². The van der Waals surface area contributed by atoms with E-state index >= 15 is 0 Å². The topological polar surface area (TPSA) is 59.0 Å². The molecule has 2 atom stereocenters. The number of rotatable bonds is 2. The highest BCUT2D eigenvalue weighted by atomic mass is 16.5. The Kier molecular flexibility index (Phi) is 3.70. The van der Waals surface area contributed by atoms with Gasteiger partial charge < -0.3 is 14.6 Å². The van der Waals surface area contributed by atoms with Gasteiger partial charge >= 0.3 is 5.97 Å². The molecule has 2 aliphatic rings. The summed E-state index contributed by atoms with van der Waals surface area (Å²) in [4.78, 5) is 13.3. The molecule has 2 unspecified atom stereocenters. The highest BCUT2D eigenvalue weighted by Gasteiger charge is 2.38. The normalized spacial score (nSPS) is 34.5. The number of ether oxygens (including phenoxy) is 2. The maximum Gasteiger partial charge on any atom is 0.323 e. The fourth-order valence-electron chi connectivity index (χ4n) is 2.75. The highest BCUT2D eigenvalue weighted by Crippen LogP contribution is 2.29. The van der Waals surface area contributed by atoms with Crippen molar-refractivity contribution in [2.75, 3.05) is 26.4 Å². The molecule has 2 rings (SSSR count). The number of carboxylic acids is 1. The van der Waals surface area contributed by atoms with Crippen molar-refractivity contribution >= 4 is 5.97 Å². The molecule has 0 aromatic rings. The van der Waals surface area contributed by atoms with Crippen LogP contribution in [0.1, 0.15) is 26.7 Å². The van der Waals surface area contributed by atoms with Crippen LogP contribution >= 0.6 is 0 Å². The predicted molar refractivity (Wildman–Crippen MR) is 62.0 cm³/mol. The van der Waals surface area contributed by atoms with E-state index in [4.69, 9.17) is 9.47 Å². The standard InChI is InChI=1S/C12H21NO4/c1-12(2)7-9(3-5-17-12)13-4-6-16-8-10(13)11(14)15/h9-10H,3-8H2,1-2H3,(H,14,15). The lowest BCUT2D eigenvalue weighted by atomic mass is 9.91. The van der Waals surface area contributed by atoms with Gasteiger partial charge in [0.05, 0.1) is 18.8 Å². The number of nitrogens with zero attached hydrogens (tertiary/aromatic N) is 1. The molecule has 0 spiro atoms. The van der Waals surface area contributed by atoms with Crippen molar-refractivity contribution in [1.82, 2.24) is 4.90 Å². The van der Waals surface area contributed by atoms with Crippen LogP contribution in [0.5, 0.6) is 0 Å². The number of hydrogen-bond donors (Lipinski definition) is 1. The molecular formula is C12H21NO4. The Hall–Kier alpha value is -0.650. The summed E-state index contributed by atoms with van der Waals surface area (Å²) in [6.07, 6.45) is 1.80. The molecule has 0 saturated carbocycles. The van der Waals surface area contributed by atoms with Crippen LogP contribution in [0.15, 0.2) is 0 Å². The largest absolute Gasteiger partial charge is 0.480 e. The van der Waals surface area contributed by atoms with Crippen LogP contribution in [0.3, 0.4) is 0 Å². The van der Waals surface area contributed by atoms with Crippen LogP contribution in [0.2, 0.25) is 0 Å². The quantitative estimate of drug-likeness (QED) is 0.774. The fourth-order valence-corrected chi connectivity index (χ4v) is 2.75. The van der Waals surface area contributed by atoms with E-state index in [9.17, 15) is 9.90 Å². The molecule has 2 heterocycles. The smallest absolute Gasteiger partial charge is 0.323 e. The maximum atomic E-state index is 11.2. The Bertz CT molecular complexity index is 292. The Balaban J connectivity index is 2.05. The summed E-state index contributed by atoms with van der Waals surface area (Å²) in [6.45, 7) is 6.47. The number of aliphatic carboxylic acids is 1. The summed E-state index contributed by atoms with van der Waals surface area (Å²) in [7, 11) is 0. The Morgan fingerprint density at radius 1 is 1.41 bits per heavy atom. The first-order valence-corrected chi connectivity index (χ1v) is 6.20. The van der Waals surface area contributed by atoms with E-state index in [0.717, 1.165) is 12.8 Å². The molecule has 0 bridgehead atoms. The molecule has 0 aromatic carbocycles. The van der Waals surface area contributed by atoms with Crippen molar-refractivity contribution in [3.05, 3.63) is 0 Å². The zero-order chi connectivity index (χ0) is 12.5. The zero-order valence-corrected chi connectivity index (χ0v) is 10.5. The third-order valence-electron chi connectivity index (χ3n) is 3.60. The molecule has 98 valence electrons. The van der Waals surface area contributed by atoms with E-state index < -0.39 is 12.0 Å². The number of carboxylic acid groups (broad SMARTS) is 1. The van der Waals surface area contributed by atoms with Gasteiger partial charge in [0.25, 0.3) is 0 Å². The average Bonchev–Trinajstić information content (AvgIpc) is 2.27. The molecule has 17 heavy (non-hydrogen) atoms. The maximum absolute atomic E-state index is 11.2. The first kappa shape index (κ1) is 12.8. The van der Waals surface area contributed by atoms with Crippen molar-refractivity contribution in [3.63, 3.8) is 0 Å². The molecule has 5 nitrogen and oxygen atoms in total. The van der Waals surface area contributed by atoms with E-state index in [-0.39, 0.29) is 5.60 Å². The van der Waals surface area contributed by atoms with Gasteiger partial charge in [0, 0.05) is 19.2 Å². The monoisotopic (exact) mass is 243 g/mol. The van der Waals surface area contributed by atoms with Gasteiger partial charge in [-0.1, -0.05) is 0 Å². The number of hydrogen-bond acceptors (Lipinski definition) is 4. The summed E-state index contributed by atoms with van der Waals surface area (Å²) in [6, 6.07) is -0.202. The highest BCUT2D eigenvalue weighted by molar-refractivity contribution is 5.73. The van der Waals surface area contributed by atoms with Crippen molar-refractivity contribution in [2.24, 2.45) is 0 Å². The van der Waals surface area contributed by atoms with Crippen LogP contribution in [-0.4, -0.2) is 60.0 Å². The van der Waals surface area contributed by atoms with Crippen LogP contribution < -0.4 is 0 Å². The van der Waals surface area contributed by atoms with Gasteiger partial charge in [0.1, 0.15) is 6.04 Å². The molecule has 0 aromatic heterocycles. The Morgan fingerprint density at radius 3 is 2.82 bits per heavy atom. The van der Waals surface area contributed by atoms with Gasteiger partial charge in [0.2, 0.25) is 0 Å². The van der Waals surface area contributed by atoms with Gasteiger partial charge in [-0.2, -0.15) is 0 Å². The zero-order valence-electron chi connectivity index (χ0n) is 10.5. The molecule has 1 N–H and O–H groups in total. The minimum Gasteiger partial charge on any atom is -0.480 e. The van der Waals surface area contributed by atoms with E-state index in [2.05, 4.69) is 18.7 Å². The van der Waals surface area contributed by atoms with Gasteiger partial charge in [-0.25, -0.2) is 0 Å². The lowest BCUT2D eigenvalue weighted by Gasteiger charge is -2.44. The molecule has 0 amide bonds. The van der Waals surface area contributed by atoms with E-state index in [1.807, 2.05) is 0 Å². The second kappa shape index (κ2) is 4.92. The first-order valence-electron chi connectivity index (χ1n) is 6.20. The summed E-state index contributed by atoms with van der Waals surface area (Å²) in [5.74, 6) is -0.783. The third kappa shape index (κ3) is 2.97. The van der Waals surface area contributed by atoms with E-state index in [1.54, 1.807) is 0 Å².